The summed E-state index contributed by atoms with van der Waals surface area (Å²) in [6.07, 6.45) is 0. The second-order valence-corrected chi connectivity index (χ2v) is 5.07. The predicted molar refractivity (Wildman–Crippen MR) is 75.6 cm³/mol. The van der Waals surface area contributed by atoms with E-state index in [9.17, 15) is 0 Å². The van der Waals surface area contributed by atoms with Crippen molar-refractivity contribution < 1.29 is 19.5 Å². The van der Waals surface area contributed by atoms with Gasteiger partial charge in [0.15, 0.2) is 0 Å². The molecule has 0 spiro atoms. The molecule has 0 atom stereocenters. The first kappa shape index (κ1) is 19.5. The Labute approximate surface area is 133 Å². The largest absolute Gasteiger partial charge is 2.00 e. The molecule has 2 aliphatic rings. The molecule has 0 saturated carbocycles. The molecule has 2 aliphatic heterocycles. The van der Waals surface area contributed by atoms with E-state index in [0.29, 0.717) is 0 Å². The molecule has 0 aromatic heterocycles. The fraction of sp³-hybridized carbons (Fsp3) is 0.500. The molecule has 3 heteroatoms. The van der Waals surface area contributed by atoms with Gasteiger partial charge in [0.2, 0.25) is 0 Å². The van der Waals surface area contributed by atoms with E-state index in [-0.39, 0.29) is 19.5 Å². The van der Waals surface area contributed by atoms with E-state index in [0.717, 1.165) is 0 Å². The van der Waals surface area contributed by atoms with Crippen LogP contribution in [0.2, 0.25) is 0 Å². The Morgan fingerprint density at radius 3 is 0.632 bits per heavy atom. The maximum absolute atomic E-state index is 4.31. The maximum atomic E-state index is 4.31. The maximum Gasteiger partial charge on any atom is 2.00 e. The Balaban J connectivity index is 0.000000324. The minimum atomic E-state index is 0. The van der Waals surface area contributed by atoms with Crippen molar-refractivity contribution in [2.75, 3.05) is 0 Å². The Morgan fingerprint density at radius 2 is 0.579 bits per heavy atom. The summed E-state index contributed by atoms with van der Waals surface area (Å²) in [6, 6.07) is 4.69. The van der Waals surface area contributed by atoms with Crippen molar-refractivity contribution in [3.8, 4) is 0 Å². The molecule has 0 bridgehead atoms. The molecule has 0 aromatic carbocycles. The summed E-state index contributed by atoms with van der Waals surface area (Å²) < 4.78 is 0. The van der Waals surface area contributed by atoms with Crippen molar-refractivity contribution in [3.05, 3.63) is 47.8 Å². The molecular formula is C16H24N2Ru+2. The van der Waals surface area contributed by atoms with Crippen molar-refractivity contribution in [2.24, 2.45) is 0 Å². The minimum Gasteiger partial charge on any atom is -0.224 e. The van der Waals surface area contributed by atoms with Gasteiger partial charge in [0.25, 0.3) is 0 Å². The first-order chi connectivity index (χ1) is 8.25. The number of nitrogens with zero attached hydrogens (tertiary/aromatic N) is 2. The third-order valence-corrected chi connectivity index (χ3v) is 3.97. The predicted octanol–water partition coefficient (Wildman–Crippen LogP) is 3.79. The average molecular weight is 345 g/mol. The molecule has 0 N–H and O–H groups in total. The van der Waals surface area contributed by atoms with Gasteiger partial charge in [0, 0.05) is 23.7 Å². The fourth-order valence-electron chi connectivity index (χ4n) is 1.92. The van der Waals surface area contributed by atoms with Crippen molar-refractivity contribution >= 4 is 0 Å². The van der Waals surface area contributed by atoms with E-state index in [1.54, 1.807) is 0 Å². The van der Waals surface area contributed by atoms with Gasteiger partial charge in [0.1, 0.15) is 0 Å². The van der Waals surface area contributed by atoms with Crippen LogP contribution in [0.5, 0.6) is 0 Å². The number of rotatable bonds is 0. The van der Waals surface area contributed by atoms with Crippen molar-refractivity contribution in [1.82, 2.24) is 10.6 Å². The Bertz CT molecular complexity index is 209. The van der Waals surface area contributed by atoms with Gasteiger partial charge in [-0.1, -0.05) is 27.7 Å². The summed E-state index contributed by atoms with van der Waals surface area (Å²) in [6.45, 7) is 16.7. The van der Waals surface area contributed by atoms with Gasteiger partial charge < -0.3 is 0 Å². The van der Waals surface area contributed by atoms with Crippen LogP contribution in [0.15, 0.2) is 0 Å². The third-order valence-electron chi connectivity index (χ3n) is 3.97. The van der Waals surface area contributed by atoms with Crippen molar-refractivity contribution in [2.45, 2.75) is 55.4 Å². The van der Waals surface area contributed by atoms with E-state index in [2.05, 4.69) is 66.0 Å². The zero-order valence-corrected chi connectivity index (χ0v) is 15.0. The summed E-state index contributed by atoms with van der Waals surface area (Å²) in [7, 11) is 0. The molecule has 104 valence electrons. The smallest absolute Gasteiger partial charge is 0.224 e. The van der Waals surface area contributed by atoms with Gasteiger partial charge in [-0.05, 0) is 27.7 Å². The van der Waals surface area contributed by atoms with Crippen molar-refractivity contribution in [3.63, 3.8) is 0 Å². The van der Waals surface area contributed by atoms with E-state index in [4.69, 9.17) is 0 Å². The van der Waals surface area contributed by atoms with Gasteiger partial charge in [-0.3, -0.25) is 0 Å². The Morgan fingerprint density at radius 1 is 0.421 bits per heavy atom. The quantitative estimate of drug-likeness (QED) is 0.598. The van der Waals surface area contributed by atoms with Gasteiger partial charge >= 0.3 is 19.5 Å². The van der Waals surface area contributed by atoms with Gasteiger partial charge in [-0.15, -0.1) is 0 Å². The summed E-state index contributed by atoms with van der Waals surface area (Å²) in [4.78, 5) is 0. The molecule has 2 saturated heterocycles. The van der Waals surface area contributed by atoms with Crippen LogP contribution < -0.4 is 10.6 Å². The molecule has 19 heavy (non-hydrogen) atoms. The molecule has 2 nitrogen and oxygen atoms in total. The Hall–Kier alpha value is 0.543. The monoisotopic (exact) mass is 346 g/mol. The first-order valence-corrected chi connectivity index (χ1v) is 6.39. The van der Waals surface area contributed by atoms with E-state index in [1.165, 1.54) is 47.8 Å². The normalized spacial score (nSPS) is 26.5. The van der Waals surface area contributed by atoms with Crippen LogP contribution in [-0.2, 0) is 19.5 Å². The zero-order chi connectivity index (χ0) is 14.0. The van der Waals surface area contributed by atoms with Gasteiger partial charge in [-0.2, -0.15) is 0 Å². The molecule has 2 rings (SSSR count). The molecule has 2 heterocycles. The molecular weight excluding hydrogens is 321 g/mol. The molecule has 0 aliphatic carbocycles. The second kappa shape index (κ2) is 8.10. The summed E-state index contributed by atoms with van der Waals surface area (Å²) in [5.41, 5.74) is 0. The molecule has 2 fully saturated rings. The van der Waals surface area contributed by atoms with Crippen LogP contribution >= 0.6 is 0 Å². The van der Waals surface area contributed by atoms with Crippen LogP contribution in [0, 0.1) is 47.8 Å². The molecule has 0 unspecified atom stereocenters. The number of hydrogen-bond acceptors (Lipinski definition) is 0. The third kappa shape index (κ3) is 4.79. The SMILES string of the molecule is C[C]1[N][C](C)[C](C)[C]1C.C[C]1[N][C](C)[C](C)[C]1C.[Ru+2]. The first-order valence-electron chi connectivity index (χ1n) is 6.39. The van der Waals surface area contributed by atoms with Crippen LogP contribution in [0.3, 0.4) is 0 Å². The Kier molecular flexibility index (Phi) is 8.33. The topological polar surface area (TPSA) is 28.2 Å². The molecule has 0 amide bonds. The van der Waals surface area contributed by atoms with Gasteiger partial charge in [0.05, 0.1) is 24.2 Å². The van der Waals surface area contributed by atoms with Gasteiger partial charge in [-0.25, -0.2) is 10.6 Å². The minimum absolute atomic E-state index is 0. The molecule has 0 aromatic rings. The van der Waals surface area contributed by atoms with E-state index in [1.807, 2.05) is 0 Å². The average Bonchev–Trinajstić information content (AvgIpc) is 2.66. The molecule has 10 radical (unpaired) electrons. The summed E-state index contributed by atoms with van der Waals surface area (Å²) in [5, 5.41) is 8.62. The summed E-state index contributed by atoms with van der Waals surface area (Å²) >= 11 is 0. The summed E-state index contributed by atoms with van der Waals surface area (Å²) in [5.74, 6) is 5.36. The zero-order valence-electron chi connectivity index (χ0n) is 13.2. The fourth-order valence-corrected chi connectivity index (χ4v) is 1.92. The number of hydrogen-bond donors (Lipinski definition) is 0. The van der Waals surface area contributed by atoms with Crippen LogP contribution in [0.25, 0.3) is 0 Å². The van der Waals surface area contributed by atoms with E-state index >= 15 is 0 Å². The van der Waals surface area contributed by atoms with E-state index < -0.39 is 0 Å². The van der Waals surface area contributed by atoms with Crippen molar-refractivity contribution in [1.29, 1.82) is 0 Å². The standard InChI is InChI=1S/2C8H12N.Ru/c2*1-5-6(2)8(4)9-7(5)3;/h2*1-4H3;/q;;+2. The van der Waals surface area contributed by atoms with Crippen LogP contribution in [0.1, 0.15) is 55.4 Å². The van der Waals surface area contributed by atoms with Crippen LogP contribution in [0.4, 0.5) is 0 Å². The van der Waals surface area contributed by atoms with Crippen LogP contribution in [-0.4, -0.2) is 0 Å². The second-order valence-electron chi connectivity index (χ2n) is 5.07.